The van der Waals surface area contributed by atoms with Crippen molar-refractivity contribution in [2.24, 2.45) is 5.73 Å². The van der Waals surface area contributed by atoms with Gasteiger partial charge < -0.3 is 5.73 Å². The van der Waals surface area contributed by atoms with Crippen LogP contribution < -0.4 is 5.73 Å². The van der Waals surface area contributed by atoms with E-state index >= 15 is 0 Å². The number of alkyl halides is 1. The van der Waals surface area contributed by atoms with E-state index in [-0.39, 0.29) is 36.5 Å². The molecule has 1 saturated heterocycles. The average Bonchev–Trinajstić information content (AvgIpc) is 2.80. The number of nitrogens with zero attached hydrogens (tertiary/aromatic N) is 1. The Morgan fingerprint density at radius 1 is 1.25 bits per heavy atom. The molecule has 0 amide bonds. The molecule has 114 valence electrons. The molecule has 7 heteroatoms. The maximum atomic E-state index is 12.1. The maximum absolute atomic E-state index is 12.1. The lowest BCUT2D eigenvalue weighted by atomic mass is 9.95. The van der Waals surface area contributed by atoms with Crippen LogP contribution in [0, 0.1) is 0 Å². The summed E-state index contributed by atoms with van der Waals surface area (Å²) >= 11 is 0. The Balaban J connectivity index is 0.00000200. The average molecular weight is 323 g/mol. The Bertz CT molecular complexity index is 512. The van der Waals surface area contributed by atoms with Gasteiger partial charge in [0.05, 0.1) is 12.4 Å². The Morgan fingerprint density at radius 3 is 2.50 bits per heavy atom. The molecule has 20 heavy (non-hydrogen) atoms. The van der Waals surface area contributed by atoms with Crippen molar-refractivity contribution in [1.29, 1.82) is 0 Å². The molecule has 0 aromatic heterocycles. The lowest BCUT2D eigenvalue weighted by molar-refractivity contribution is 0.453. The van der Waals surface area contributed by atoms with Crippen LogP contribution >= 0.6 is 12.4 Å². The third-order valence-corrected chi connectivity index (χ3v) is 5.38. The number of hydrogen-bond acceptors (Lipinski definition) is 3. The van der Waals surface area contributed by atoms with Crippen LogP contribution in [0.25, 0.3) is 0 Å². The summed E-state index contributed by atoms with van der Waals surface area (Å²) in [6.07, 6.45) is 0.0457. The minimum Gasteiger partial charge on any atom is -0.326 e. The van der Waals surface area contributed by atoms with Crippen molar-refractivity contribution < 1.29 is 12.8 Å². The van der Waals surface area contributed by atoms with Gasteiger partial charge in [0.15, 0.2) is 0 Å². The molecule has 2 rings (SSSR count). The van der Waals surface area contributed by atoms with Gasteiger partial charge in [-0.1, -0.05) is 30.3 Å². The van der Waals surface area contributed by atoms with E-state index in [0.29, 0.717) is 13.1 Å². The molecular weight excluding hydrogens is 303 g/mol. The Hall–Kier alpha value is -0.690. The second-order valence-electron chi connectivity index (χ2n) is 4.86. The summed E-state index contributed by atoms with van der Waals surface area (Å²) in [7, 11) is -3.38. The summed E-state index contributed by atoms with van der Waals surface area (Å²) in [5.41, 5.74) is 7.10. The quantitative estimate of drug-likeness (QED) is 0.894. The van der Waals surface area contributed by atoms with E-state index in [1.165, 1.54) is 4.31 Å². The highest BCUT2D eigenvalue weighted by Crippen LogP contribution is 2.28. The molecular formula is C13H20ClFN2O2S. The third kappa shape index (κ3) is 3.91. The van der Waals surface area contributed by atoms with Crippen molar-refractivity contribution in [3.63, 3.8) is 0 Å². The zero-order chi connectivity index (χ0) is 13.9. The highest BCUT2D eigenvalue weighted by Gasteiger charge is 2.37. The van der Waals surface area contributed by atoms with E-state index in [9.17, 15) is 12.8 Å². The van der Waals surface area contributed by atoms with Gasteiger partial charge in [-0.15, -0.1) is 12.4 Å². The largest absolute Gasteiger partial charge is 0.326 e. The molecule has 1 aromatic rings. The number of halogens is 2. The Kier molecular flexibility index (Phi) is 6.39. The predicted octanol–water partition coefficient (Wildman–Crippen LogP) is 1.52. The molecule has 0 radical (unpaired) electrons. The number of nitrogens with two attached hydrogens (primary N) is 1. The van der Waals surface area contributed by atoms with Gasteiger partial charge in [-0.2, -0.15) is 4.31 Å². The fraction of sp³-hybridized carbons (Fsp3) is 0.538. The van der Waals surface area contributed by atoms with Gasteiger partial charge in [0, 0.05) is 25.0 Å². The Morgan fingerprint density at radius 2 is 1.90 bits per heavy atom. The van der Waals surface area contributed by atoms with Crippen LogP contribution in [0.5, 0.6) is 0 Å². The SMILES string of the molecule is Cl.N[C@@H]1CN(S(=O)(=O)CCCF)C[C@H]1c1ccccc1. The Labute approximate surface area is 125 Å². The van der Waals surface area contributed by atoms with Crippen molar-refractivity contribution in [1.82, 2.24) is 4.31 Å². The molecule has 0 saturated carbocycles. The molecule has 2 atom stereocenters. The highest BCUT2D eigenvalue weighted by molar-refractivity contribution is 7.89. The molecule has 1 aliphatic rings. The van der Waals surface area contributed by atoms with Gasteiger partial charge in [-0.25, -0.2) is 8.42 Å². The number of rotatable bonds is 5. The van der Waals surface area contributed by atoms with Crippen molar-refractivity contribution in [2.75, 3.05) is 25.5 Å². The molecule has 0 unspecified atom stereocenters. The summed E-state index contributed by atoms with van der Waals surface area (Å²) in [6.45, 7) is 0.0925. The van der Waals surface area contributed by atoms with Crippen molar-refractivity contribution in [3.8, 4) is 0 Å². The first-order chi connectivity index (χ1) is 9.04. The highest BCUT2D eigenvalue weighted by atomic mass is 35.5. The number of hydrogen-bond donors (Lipinski definition) is 1. The lowest BCUT2D eigenvalue weighted by Crippen LogP contribution is -2.33. The van der Waals surface area contributed by atoms with Crippen molar-refractivity contribution in [3.05, 3.63) is 35.9 Å². The van der Waals surface area contributed by atoms with Crippen molar-refractivity contribution >= 4 is 22.4 Å². The summed E-state index contributed by atoms with van der Waals surface area (Å²) < 4.78 is 37.6. The third-order valence-electron chi connectivity index (χ3n) is 3.49. The molecule has 1 aromatic carbocycles. The van der Waals surface area contributed by atoms with Crippen LogP contribution in [0.2, 0.25) is 0 Å². The van der Waals surface area contributed by atoms with Gasteiger partial charge in [-0.3, -0.25) is 4.39 Å². The molecule has 4 nitrogen and oxygen atoms in total. The monoisotopic (exact) mass is 322 g/mol. The first kappa shape index (κ1) is 17.4. The van der Waals surface area contributed by atoms with E-state index in [0.717, 1.165) is 5.56 Å². The van der Waals surface area contributed by atoms with Crippen LogP contribution in [-0.2, 0) is 10.0 Å². The van der Waals surface area contributed by atoms with Crippen LogP contribution in [0.4, 0.5) is 4.39 Å². The van der Waals surface area contributed by atoms with Gasteiger partial charge >= 0.3 is 0 Å². The first-order valence-electron chi connectivity index (χ1n) is 6.39. The minimum atomic E-state index is -3.38. The van der Waals surface area contributed by atoms with Crippen LogP contribution in [0.3, 0.4) is 0 Å². The molecule has 0 aliphatic carbocycles. The van der Waals surface area contributed by atoms with E-state index in [4.69, 9.17) is 5.73 Å². The molecule has 0 spiro atoms. The second kappa shape index (κ2) is 7.36. The smallest absolute Gasteiger partial charge is 0.214 e. The van der Waals surface area contributed by atoms with Gasteiger partial charge in [0.25, 0.3) is 0 Å². The van der Waals surface area contributed by atoms with Gasteiger partial charge in [-0.05, 0) is 12.0 Å². The first-order valence-corrected chi connectivity index (χ1v) is 8.00. The van der Waals surface area contributed by atoms with E-state index < -0.39 is 16.7 Å². The number of sulfonamides is 1. The van der Waals surface area contributed by atoms with Gasteiger partial charge in [0.1, 0.15) is 0 Å². The number of benzene rings is 1. The van der Waals surface area contributed by atoms with Crippen LogP contribution in [-0.4, -0.2) is 44.3 Å². The van der Waals surface area contributed by atoms with Crippen molar-refractivity contribution in [2.45, 2.75) is 18.4 Å². The van der Waals surface area contributed by atoms with E-state index in [1.807, 2.05) is 30.3 Å². The summed E-state index contributed by atoms with van der Waals surface area (Å²) in [5.74, 6) is -0.126. The molecule has 1 heterocycles. The zero-order valence-corrected chi connectivity index (χ0v) is 12.7. The summed E-state index contributed by atoms with van der Waals surface area (Å²) in [4.78, 5) is 0. The lowest BCUT2D eigenvalue weighted by Gasteiger charge is -2.16. The van der Waals surface area contributed by atoms with Gasteiger partial charge in [0.2, 0.25) is 10.0 Å². The van der Waals surface area contributed by atoms with E-state index in [1.54, 1.807) is 0 Å². The fourth-order valence-electron chi connectivity index (χ4n) is 2.44. The predicted molar refractivity (Wildman–Crippen MR) is 80.4 cm³/mol. The molecule has 1 aliphatic heterocycles. The zero-order valence-electron chi connectivity index (χ0n) is 11.1. The summed E-state index contributed by atoms with van der Waals surface area (Å²) in [5, 5.41) is 0. The van der Waals surface area contributed by atoms with E-state index in [2.05, 4.69) is 0 Å². The minimum absolute atomic E-state index is 0. The fourth-order valence-corrected chi connectivity index (χ4v) is 3.96. The van der Waals surface area contributed by atoms with Crippen LogP contribution in [0.1, 0.15) is 17.9 Å². The van der Waals surface area contributed by atoms with Crippen LogP contribution in [0.15, 0.2) is 30.3 Å². The maximum Gasteiger partial charge on any atom is 0.214 e. The topological polar surface area (TPSA) is 63.4 Å². The summed E-state index contributed by atoms with van der Waals surface area (Å²) in [6, 6.07) is 9.47. The second-order valence-corrected chi connectivity index (χ2v) is 6.95. The molecule has 2 N–H and O–H groups in total. The molecule has 1 fully saturated rings. The standard InChI is InChI=1S/C13H19FN2O2S.ClH/c14-7-4-8-19(17,18)16-9-12(13(15)10-16)11-5-2-1-3-6-11;/h1-3,5-6,12-13H,4,7-10,15H2;1H/t12-,13+;/m0./s1. The molecule has 0 bridgehead atoms. The normalized spacial score (nSPS) is 23.5.